The van der Waals surface area contributed by atoms with Crippen molar-refractivity contribution >= 4 is 41.3 Å². The first-order chi connectivity index (χ1) is 14.2. The number of nitrogens with one attached hydrogen (secondary N) is 1. The summed E-state index contributed by atoms with van der Waals surface area (Å²) in [5.41, 5.74) is 2.31. The molecule has 1 saturated heterocycles. The molecule has 2 aromatic rings. The summed E-state index contributed by atoms with van der Waals surface area (Å²) in [6.45, 7) is 7.64. The van der Waals surface area contributed by atoms with Crippen LogP contribution >= 0.6 is 35.3 Å². The number of ether oxygens (including phenoxy) is 2. The van der Waals surface area contributed by atoms with E-state index in [1.807, 2.05) is 13.1 Å². The van der Waals surface area contributed by atoms with Gasteiger partial charge in [0.1, 0.15) is 0 Å². The summed E-state index contributed by atoms with van der Waals surface area (Å²) in [6.07, 6.45) is 0.988. The Labute approximate surface area is 200 Å². The van der Waals surface area contributed by atoms with Crippen LogP contribution < -0.4 is 14.8 Å². The van der Waals surface area contributed by atoms with Gasteiger partial charge in [-0.05, 0) is 24.1 Å². The highest BCUT2D eigenvalue weighted by atomic mass is 127. The van der Waals surface area contributed by atoms with Gasteiger partial charge in [-0.2, -0.15) is 0 Å². The third kappa shape index (κ3) is 6.45. The Morgan fingerprint density at radius 3 is 2.50 bits per heavy atom. The molecule has 1 aromatic carbocycles. The lowest BCUT2D eigenvalue weighted by Gasteiger charge is -2.36. The minimum Gasteiger partial charge on any atom is -0.493 e. The van der Waals surface area contributed by atoms with E-state index in [0.717, 1.165) is 68.8 Å². The first kappa shape index (κ1) is 24.7. The van der Waals surface area contributed by atoms with E-state index >= 15 is 0 Å². The highest BCUT2D eigenvalue weighted by molar-refractivity contribution is 14.0. The van der Waals surface area contributed by atoms with Crippen molar-refractivity contribution in [1.29, 1.82) is 0 Å². The number of rotatable bonds is 7. The van der Waals surface area contributed by atoms with Gasteiger partial charge in [-0.15, -0.1) is 35.3 Å². The van der Waals surface area contributed by atoms with Gasteiger partial charge < -0.3 is 19.7 Å². The largest absolute Gasteiger partial charge is 0.493 e. The second-order valence-corrected chi connectivity index (χ2v) is 7.88. The number of aliphatic imine (C=N–C) groups is 1. The summed E-state index contributed by atoms with van der Waals surface area (Å²) < 4.78 is 10.7. The average molecular weight is 545 g/mol. The first-order valence-corrected chi connectivity index (χ1v) is 10.9. The van der Waals surface area contributed by atoms with Gasteiger partial charge >= 0.3 is 0 Å². The molecule has 3 rings (SSSR count). The second-order valence-electron chi connectivity index (χ2n) is 6.94. The number of benzene rings is 1. The number of methoxy groups -OCH3 is 2. The van der Waals surface area contributed by atoms with Crippen LogP contribution in [0.5, 0.6) is 11.5 Å². The number of thiazole rings is 1. The molecule has 7 nitrogen and oxygen atoms in total. The predicted molar refractivity (Wildman–Crippen MR) is 134 cm³/mol. The lowest BCUT2D eigenvalue weighted by atomic mass is 10.1. The van der Waals surface area contributed by atoms with Crippen molar-refractivity contribution in [2.24, 2.45) is 4.99 Å². The van der Waals surface area contributed by atoms with Crippen molar-refractivity contribution in [3.8, 4) is 11.5 Å². The number of halogens is 1. The predicted octanol–water partition coefficient (Wildman–Crippen LogP) is 3.23. The summed E-state index contributed by atoms with van der Waals surface area (Å²) >= 11 is 1.72. The molecule has 166 valence electrons. The summed E-state index contributed by atoms with van der Waals surface area (Å²) in [4.78, 5) is 13.9. The number of hydrogen-bond acceptors (Lipinski definition) is 6. The van der Waals surface area contributed by atoms with E-state index in [0.29, 0.717) is 0 Å². The standard InChI is InChI=1S/C21H31N5O2S.HI/c1-5-20-24-17(15-29-20)13-23-21(22-2)26-10-8-25(9-11-26)14-16-6-7-18(27-3)19(12-16)28-4;/h6-7,12,15H,5,8-11,13-14H2,1-4H3,(H,22,23);1H. The Morgan fingerprint density at radius 2 is 1.90 bits per heavy atom. The topological polar surface area (TPSA) is 62.2 Å². The van der Waals surface area contributed by atoms with Crippen molar-refractivity contribution in [2.45, 2.75) is 26.4 Å². The molecule has 0 spiro atoms. The number of nitrogens with zero attached hydrogens (tertiary/aromatic N) is 4. The number of aryl methyl sites for hydroxylation is 1. The number of hydrogen-bond donors (Lipinski definition) is 1. The van der Waals surface area contributed by atoms with Crippen LogP contribution in [-0.4, -0.2) is 68.2 Å². The SMILES string of the molecule is CCc1nc(CNC(=NC)N2CCN(Cc3ccc(OC)c(OC)c3)CC2)cs1.I. The van der Waals surface area contributed by atoms with Gasteiger partial charge in [-0.25, -0.2) is 4.98 Å². The quantitative estimate of drug-likeness (QED) is 0.328. The third-order valence-electron chi connectivity index (χ3n) is 5.07. The maximum absolute atomic E-state index is 5.42. The molecular weight excluding hydrogens is 513 g/mol. The van der Waals surface area contributed by atoms with E-state index in [1.165, 1.54) is 10.6 Å². The average Bonchev–Trinajstić information content (AvgIpc) is 3.23. The van der Waals surface area contributed by atoms with Crippen LogP contribution in [-0.2, 0) is 19.5 Å². The van der Waals surface area contributed by atoms with Gasteiger partial charge in [0.05, 0.1) is 31.5 Å². The summed E-state index contributed by atoms with van der Waals surface area (Å²) in [6, 6.07) is 6.13. The molecule has 0 saturated carbocycles. The van der Waals surface area contributed by atoms with Crippen molar-refractivity contribution in [2.75, 3.05) is 47.4 Å². The molecule has 0 unspecified atom stereocenters. The van der Waals surface area contributed by atoms with Crippen LogP contribution in [0, 0.1) is 0 Å². The zero-order valence-electron chi connectivity index (χ0n) is 18.2. The van der Waals surface area contributed by atoms with E-state index in [4.69, 9.17) is 9.47 Å². The monoisotopic (exact) mass is 545 g/mol. The molecule has 30 heavy (non-hydrogen) atoms. The summed E-state index contributed by atoms with van der Waals surface area (Å²) in [5.74, 6) is 2.49. The van der Waals surface area contributed by atoms with Crippen LogP contribution in [0.3, 0.4) is 0 Å². The molecule has 0 amide bonds. The number of aromatic nitrogens is 1. The minimum absolute atomic E-state index is 0. The Hall–Kier alpha value is -1.59. The molecular formula is C21H32IN5O2S. The van der Waals surface area contributed by atoms with E-state index in [1.54, 1.807) is 25.6 Å². The first-order valence-electron chi connectivity index (χ1n) is 9.99. The Morgan fingerprint density at radius 1 is 1.17 bits per heavy atom. The summed E-state index contributed by atoms with van der Waals surface area (Å²) in [7, 11) is 5.18. The normalized spacial score (nSPS) is 14.9. The lowest BCUT2D eigenvalue weighted by Crippen LogP contribution is -2.52. The number of piperazine rings is 1. The fraction of sp³-hybridized carbons (Fsp3) is 0.524. The van der Waals surface area contributed by atoms with Crippen molar-refractivity contribution in [3.05, 3.63) is 39.8 Å². The van der Waals surface area contributed by atoms with Crippen LogP contribution in [0.15, 0.2) is 28.6 Å². The van der Waals surface area contributed by atoms with Crippen molar-refractivity contribution in [3.63, 3.8) is 0 Å². The van der Waals surface area contributed by atoms with E-state index in [-0.39, 0.29) is 24.0 Å². The molecule has 1 aromatic heterocycles. The van der Waals surface area contributed by atoms with Crippen LogP contribution in [0.25, 0.3) is 0 Å². The Kier molecular flexibility index (Phi) is 10.1. The second kappa shape index (κ2) is 12.3. The van der Waals surface area contributed by atoms with Crippen molar-refractivity contribution < 1.29 is 9.47 Å². The Balaban J connectivity index is 0.00000320. The molecule has 1 aliphatic rings. The van der Waals surface area contributed by atoms with Crippen LogP contribution in [0.4, 0.5) is 0 Å². The van der Waals surface area contributed by atoms with Gasteiger partial charge in [0, 0.05) is 45.2 Å². The van der Waals surface area contributed by atoms with E-state index < -0.39 is 0 Å². The zero-order chi connectivity index (χ0) is 20.6. The van der Waals surface area contributed by atoms with Gasteiger partial charge in [0.15, 0.2) is 17.5 Å². The molecule has 0 atom stereocenters. The van der Waals surface area contributed by atoms with E-state index in [9.17, 15) is 0 Å². The molecule has 1 aliphatic heterocycles. The maximum Gasteiger partial charge on any atom is 0.194 e. The molecule has 0 aliphatic carbocycles. The lowest BCUT2D eigenvalue weighted by molar-refractivity contribution is 0.172. The highest BCUT2D eigenvalue weighted by Gasteiger charge is 2.20. The minimum atomic E-state index is 0. The molecule has 0 radical (unpaired) electrons. The number of guanidine groups is 1. The molecule has 1 N–H and O–H groups in total. The van der Waals surface area contributed by atoms with E-state index in [2.05, 4.69) is 49.5 Å². The molecule has 9 heteroatoms. The van der Waals surface area contributed by atoms with Gasteiger partial charge in [-0.1, -0.05) is 13.0 Å². The Bertz CT molecular complexity index is 821. The van der Waals surface area contributed by atoms with Gasteiger partial charge in [-0.3, -0.25) is 9.89 Å². The van der Waals surface area contributed by atoms with Gasteiger partial charge in [0.25, 0.3) is 0 Å². The third-order valence-corrected chi connectivity index (χ3v) is 6.11. The smallest absolute Gasteiger partial charge is 0.194 e. The van der Waals surface area contributed by atoms with Crippen molar-refractivity contribution in [1.82, 2.24) is 20.1 Å². The highest BCUT2D eigenvalue weighted by Crippen LogP contribution is 2.28. The molecule has 1 fully saturated rings. The maximum atomic E-state index is 5.42. The summed E-state index contributed by atoms with van der Waals surface area (Å²) in [5, 5.41) is 6.76. The fourth-order valence-corrected chi connectivity index (χ4v) is 4.19. The molecule has 0 bridgehead atoms. The van der Waals surface area contributed by atoms with Gasteiger partial charge in [0.2, 0.25) is 0 Å². The molecule has 2 heterocycles. The zero-order valence-corrected chi connectivity index (χ0v) is 21.3. The van der Waals surface area contributed by atoms with Crippen LogP contribution in [0.1, 0.15) is 23.2 Å². The van der Waals surface area contributed by atoms with Crippen LogP contribution in [0.2, 0.25) is 0 Å². The fourth-order valence-electron chi connectivity index (χ4n) is 3.45.